The van der Waals surface area contributed by atoms with Crippen LogP contribution in [0.2, 0.25) is 0 Å². The van der Waals surface area contributed by atoms with Crippen molar-refractivity contribution in [3.8, 4) is 0 Å². The molecule has 0 aliphatic heterocycles. The van der Waals surface area contributed by atoms with E-state index in [4.69, 9.17) is 10.8 Å². The van der Waals surface area contributed by atoms with Gasteiger partial charge in [-0.2, -0.15) is 13.2 Å². The van der Waals surface area contributed by atoms with Gasteiger partial charge in [-0.25, -0.2) is 4.39 Å². The number of rotatable bonds is 2. The van der Waals surface area contributed by atoms with E-state index in [0.29, 0.717) is 6.07 Å². The Labute approximate surface area is 83.3 Å². The molecule has 0 unspecified atom stereocenters. The zero-order valence-electron chi connectivity index (χ0n) is 7.55. The van der Waals surface area contributed by atoms with Crippen molar-refractivity contribution >= 4 is 0 Å². The summed E-state index contributed by atoms with van der Waals surface area (Å²) in [7, 11) is 0. The van der Waals surface area contributed by atoms with Gasteiger partial charge in [0.25, 0.3) is 0 Å². The molecule has 1 rings (SSSR count). The molecule has 1 atom stereocenters. The molecular weight excluding hydrogens is 214 g/mol. The first-order valence-electron chi connectivity index (χ1n) is 4.10. The number of halogens is 4. The molecule has 15 heavy (non-hydrogen) atoms. The number of alkyl halides is 3. The Bertz CT molecular complexity index is 350. The van der Waals surface area contributed by atoms with Crippen molar-refractivity contribution < 1.29 is 22.7 Å². The molecule has 0 bridgehead atoms. The van der Waals surface area contributed by atoms with Crippen LogP contribution in [0.25, 0.3) is 0 Å². The van der Waals surface area contributed by atoms with Crippen LogP contribution in [0.15, 0.2) is 18.2 Å². The van der Waals surface area contributed by atoms with Gasteiger partial charge in [0.15, 0.2) is 0 Å². The maximum Gasteiger partial charge on any atom is 0.419 e. The van der Waals surface area contributed by atoms with Crippen molar-refractivity contribution in [2.45, 2.75) is 12.2 Å². The summed E-state index contributed by atoms with van der Waals surface area (Å²) in [6, 6.07) is 1.64. The lowest BCUT2D eigenvalue weighted by Gasteiger charge is -2.17. The number of nitrogens with two attached hydrogens (primary N) is 1. The number of aliphatic hydroxyl groups is 1. The van der Waals surface area contributed by atoms with Crippen LogP contribution in [0.1, 0.15) is 17.2 Å². The molecule has 1 aromatic carbocycles. The predicted molar refractivity (Wildman–Crippen MR) is 45.4 cm³/mol. The monoisotopic (exact) mass is 223 g/mol. The molecule has 84 valence electrons. The molecular formula is C9H9F4NO. The number of hydrogen-bond donors (Lipinski definition) is 2. The third-order valence-electron chi connectivity index (χ3n) is 1.93. The molecule has 0 saturated carbocycles. The summed E-state index contributed by atoms with van der Waals surface area (Å²) in [6.45, 7) is -0.674. The summed E-state index contributed by atoms with van der Waals surface area (Å²) in [5.74, 6) is -1.39. The van der Waals surface area contributed by atoms with Crippen LogP contribution in [-0.4, -0.2) is 11.7 Å². The lowest BCUT2D eigenvalue weighted by Crippen LogP contribution is -2.21. The maximum atomic E-state index is 13.0. The molecule has 3 N–H and O–H groups in total. The van der Waals surface area contributed by atoms with Gasteiger partial charge < -0.3 is 10.8 Å². The summed E-state index contributed by atoms with van der Waals surface area (Å²) >= 11 is 0. The fourth-order valence-corrected chi connectivity index (χ4v) is 1.25. The zero-order valence-corrected chi connectivity index (χ0v) is 7.55. The summed E-state index contributed by atoms with van der Waals surface area (Å²) in [4.78, 5) is 0. The van der Waals surface area contributed by atoms with Crippen molar-refractivity contribution in [1.29, 1.82) is 0 Å². The highest BCUT2D eigenvalue weighted by atomic mass is 19.4. The summed E-state index contributed by atoms with van der Waals surface area (Å²) in [5, 5.41) is 8.65. The molecule has 0 spiro atoms. The lowest BCUT2D eigenvalue weighted by molar-refractivity contribution is -0.140. The zero-order chi connectivity index (χ0) is 11.6. The average molecular weight is 223 g/mol. The Morgan fingerprint density at radius 1 is 1.33 bits per heavy atom. The third-order valence-corrected chi connectivity index (χ3v) is 1.93. The first-order chi connectivity index (χ1) is 6.88. The van der Waals surface area contributed by atoms with Crippen LogP contribution in [0.3, 0.4) is 0 Å². The van der Waals surface area contributed by atoms with E-state index in [-0.39, 0.29) is 0 Å². The van der Waals surface area contributed by atoms with Crippen molar-refractivity contribution in [1.82, 2.24) is 0 Å². The molecule has 0 amide bonds. The van der Waals surface area contributed by atoms with E-state index in [0.717, 1.165) is 12.1 Å². The van der Waals surface area contributed by atoms with Crippen LogP contribution in [0.4, 0.5) is 17.6 Å². The molecule has 0 heterocycles. The highest BCUT2D eigenvalue weighted by Gasteiger charge is 2.37. The van der Waals surface area contributed by atoms with Crippen molar-refractivity contribution in [2.24, 2.45) is 5.73 Å². The quantitative estimate of drug-likeness (QED) is 0.751. The second-order valence-corrected chi connectivity index (χ2v) is 2.99. The number of benzene rings is 1. The summed E-state index contributed by atoms with van der Waals surface area (Å²) in [6.07, 6.45) is -4.81. The summed E-state index contributed by atoms with van der Waals surface area (Å²) < 4.78 is 50.3. The molecule has 0 aliphatic rings. The Kier molecular flexibility index (Phi) is 3.31. The van der Waals surface area contributed by atoms with Crippen LogP contribution >= 0.6 is 0 Å². The second-order valence-electron chi connectivity index (χ2n) is 2.99. The van der Waals surface area contributed by atoms with E-state index in [1.165, 1.54) is 0 Å². The average Bonchev–Trinajstić information content (AvgIpc) is 2.14. The van der Waals surface area contributed by atoms with Crippen LogP contribution in [0, 0.1) is 5.82 Å². The topological polar surface area (TPSA) is 46.2 Å². The van der Waals surface area contributed by atoms with Crippen molar-refractivity contribution in [2.75, 3.05) is 6.61 Å². The van der Waals surface area contributed by atoms with Crippen LogP contribution < -0.4 is 5.73 Å². The molecule has 6 heteroatoms. The fourth-order valence-electron chi connectivity index (χ4n) is 1.25. The third kappa shape index (κ3) is 2.45. The van der Waals surface area contributed by atoms with Gasteiger partial charge >= 0.3 is 6.18 Å². The molecule has 2 nitrogen and oxygen atoms in total. The van der Waals surface area contributed by atoms with E-state index in [1.54, 1.807) is 0 Å². The Hall–Kier alpha value is -1.14. The van der Waals surface area contributed by atoms with Gasteiger partial charge in [-0.15, -0.1) is 0 Å². The normalized spacial score (nSPS) is 14.0. The molecule has 1 aromatic rings. The lowest BCUT2D eigenvalue weighted by atomic mass is 10.0. The van der Waals surface area contributed by atoms with Crippen molar-refractivity contribution in [3.63, 3.8) is 0 Å². The van der Waals surface area contributed by atoms with Gasteiger partial charge in [-0.1, -0.05) is 12.1 Å². The second kappa shape index (κ2) is 4.16. The molecule has 0 saturated heterocycles. The SMILES string of the molecule is N[C@H](CO)c1cccc(F)c1C(F)(F)F. The van der Waals surface area contributed by atoms with E-state index in [1.807, 2.05) is 0 Å². The largest absolute Gasteiger partial charge is 0.419 e. The maximum absolute atomic E-state index is 13.0. The first-order valence-corrected chi connectivity index (χ1v) is 4.10. The van der Waals surface area contributed by atoms with Crippen molar-refractivity contribution in [3.05, 3.63) is 35.1 Å². The Morgan fingerprint density at radius 3 is 2.40 bits per heavy atom. The van der Waals surface area contributed by atoms with Gasteiger partial charge in [-0.3, -0.25) is 0 Å². The Balaban J connectivity index is 3.33. The van der Waals surface area contributed by atoms with E-state index < -0.39 is 35.8 Å². The molecule has 0 aromatic heterocycles. The van der Waals surface area contributed by atoms with Gasteiger partial charge in [0.05, 0.1) is 18.2 Å². The minimum Gasteiger partial charge on any atom is -0.394 e. The fraction of sp³-hybridized carbons (Fsp3) is 0.333. The highest BCUT2D eigenvalue weighted by Crippen LogP contribution is 2.35. The van der Waals surface area contributed by atoms with Gasteiger partial charge in [0, 0.05) is 0 Å². The smallest absolute Gasteiger partial charge is 0.394 e. The van der Waals surface area contributed by atoms with Crippen LogP contribution in [0.5, 0.6) is 0 Å². The van der Waals surface area contributed by atoms with Crippen LogP contribution in [-0.2, 0) is 6.18 Å². The Morgan fingerprint density at radius 2 is 1.93 bits per heavy atom. The minimum absolute atomic E-state index is 0.440. The van der Waals surface area contributed by atoms with E-state index >= 15 is 0 Å². The standard InChI is InChI=1S/C9H9F4NO/c10-6-3-1-2-5(7(14)4-15)8(6)9(11,12)13/h1-3,7,15H,4,14H2/t7-/m1/s1. The highest BCUT2D eigenvalue weighted by molar-refractivity contribution is 5.33. The molecule has 0 fully saturated rings. The van der Waals surface area contributed by atoms with Gasteiger partial charge in [-0.05, 0) is 11.6 Å². The van der Waals surface area contributed by atoms with E-state index in [9.17, 15) is 17.6 Å². The number of aliphatic hydroxyl groups excluding tert-OH is 1. The summed E-state index contributed by atoms with van der Waals surface area (Å²) in [5.41, 5.74) is 3.39. The van der Waals surface area contributed by atoms with Gasteiger partial charge in [0.2, 0.25) is 0 Å². The van der Waals surface area contributed by atoms with Gasteiger partial charge in [0.1, 0.15) is 5.82 Å². The first kappa shape index (κ1) is 11.9. The molecule has 0 aliphatic carbocycles. The van der Waals surface area contributed by atoms with E-state index in [2.05, 4.69) is 0 Å². The number of hydrogen-bond acceptors (Lipinski definition) is 2. The minimum atomic E-state index is -4.81. The molecule has 0 radical (unpaired) electrons. The predicted octanol–water partition coefficient (Wildman–Crippen LogP) is 1.84.